The average Bonchev–Trinajstić information content (AvgIpc) is 3.58. The Bertz CT molecular complexity index is 1060. The van der Waals surface area contributed by atoms with Gasteiger partial charge in [0.1, 0.15) is 0 Å². The van der Waals surface area contributed by atoms with Crippen LogP contribution in [0.5, 0.6) is 0 Å². The third-order valence-corrected chi connectivity index (χ3v) is 6.51. The molecule has 1 aromatic heterocycles. The summed E-state index contributed by atoms with van der Waals surface area (Å²) in [5.41, 5.74) is 7.07. The van der Waals surface area contributed by atoms with Gasteiger partial charge >= 0.3 is 0 Å². The smallest absolute Gasteiger partial charge is 0.231 e. The number of aromatic nitrogens is 1. The SMILES string of the molecule is Cc1cccc(CN(C(=O)[C@H]2C[C@@H]2c2ccccc2)c2ccc3c(c2)CCCC3)n1. The van der Waals surface area contributed by atoms with Gasteiger partial charge in [-0.1, -0.05) is 42.5 Å². The first-order chi connectivity index (χ1) is 14.7. The van der Waals surface area contributed by atoms with Crippen molar-refractivity contribution in [3.05, 3.63) is 94.8 Å². The van der Waals surface area contributed by atoms with Crippen LogP contribution in [0.1, 0.15) is 53.3 Å². The molecule has 0 unspecified atom stereocenters. The molecule has 2 atom stereocenters. The molecule has 3 aromatic rings. The minimum atomic E-state index is 0.0632. The number of carbonyl (C=O) groups is 1. The zero-order valence-electron chi connectivity index (χ0n) is 17.6. The third-order valence-electron chi connectivity index (χ3n) is 6.51. The molecule has 3 nitrogen and oxygen atoms in total. The fraction of sp³-hybridized carbons (Fsp3) is 0.333. The molecule has 5 rings (SSSR count). The molecule has 0 aliphatic heterocycles. The predicted molar refractivity (Wildman–Crippen MR) is 121 cm³/mol. The van der Waals surface area contributed by atoms with Gasteiger partial charge in [-0.15, -0.1) is 0 Å². The second-order valence-corrected chi connectivity index (χ2v) is 8.71. The summed E-state index contributed by atoms with van der Waals surface area (Å²) in [6.07, 6.45) is 5.71. The first-order valence-electron chi connectivity index (χ1n) is 11.1. The highest BCUT2D eigenvalue weighted by Gasteiger charge is 2.46. The first kappa shape index (κ1) is 19.0. The number of carbonyl (C=O) groups excluding carboxylic acids is 1. The van der Waals surface area contributed by atoms with E-state index in [9.17, 15) is 4.79 Å². The molecule has 30 heavy (non-hydrogen) atoms. The fourth-order valence-electron chi connectivity index (χ4n) is 4.77. The Hall–Kier alpha value is -2.94. The van der Waals surface area contributed by atoms with Gasteiger partial charge in [-0.05, 0) is 85.9 Å². The number of amides is 1. The fourth-order valence-corrected chi connectivity index (χ4v) is 4.77. The second-order valence-electron chi connectivity index (χ2n) is 8.71. The van der Waals surface area contributed by atoms with Gasteiger partial charge in [0.15, 0.2) is 0 Å². The van der Waals surface area contributed by atoms with Crippen molar-refractivity contribution in [1.29, 1.82) is 0 Å². The molecule has 3 heteroatoms. The lowest BCUT2D eigenvalue weighted by molar-refractivity contribution is -0.120. The summed E-state index contributed by atoms with van der Waals surface area (Å²) in [6, 6.07) is 23.1. The lowest BCUT2D eigenvalue weighted by Gasteiger charge is -2.25. The van der Waals surface area contributed by atoms with Crippen LogP contribution >= 0.6 is 0 Å². The minimum Gasteiger partial charge on any atom is -0.306 e. The topological polar surface area (TPSA) is 33.2 Å². The van der Waals surface area contributed by atoms with E-state index in [0.717, 1.165) is 36.3 Å². The van der Waals surface area contributed by atoms with Crippen LogP contribution in [-0.2, 0) is 24.2 Å². The highest BCUT2D eigenvalue weighted by Crippen LogP contribution is 2.49. The van der Waals surface area contributed by atoms with E-state index < -0.39 is 0 Å². The average molecular weight is 397 g/mol. The van der Waals surface area contributed by atoms with Crippen LogP contribution in [-0.4, -0.2) is 10.9 Å². The molecular weight excluding hydrogens is 368 g/mol. The molecular formula is C27H28N2O. The van der Waals surface area contributed by atoms with Crippen molar-refractivity contribution < 1.29 is 4.79 Å². The Morgan fingerprint density at radius 1 is 0.967 bits per heavy atom. The standard InChI is InChI=1S/C27H28N2O/c1-19-8-7-13-23(28-19)18-29(24-15-14-20-9-5-6-12-22(20)16-24)27(30)26-17-25(26)21-10-3-2-4-11-21/h2-4,7-8,10-11,13-16,25-26H,5-6,9,12,17-18H2,1H3/t25-,26+/m1/s1. The quantitative estimate of drug-likeness (QED) is 0.562. The number of fused-ring (bicyclic) bond motifs is 1. The summed E-state index contributed by atoms with van der Waals surface area (Å²) in [7, 11) is 0. The number of aryl methyl sites for hydroxylation is 3. The molecule has 0 spiro atoms. The van der Waals surface area contributed by atoms with Crippen molar-refractivity contribution in [2.75, 3.05) is 4.90 Å². The lowest BCUT2D eigenvalue weighted by atomic mass is 9.91. The van der Waals surface area contributed by atoms with E-state index >= 15 is 0 Å². The van der Waals surface area contributed by atoms with E-state index in [1.807, 2.05) is 36.1 Å². The third kappa shape index (κ3) is 3.89. The molecule has 0 radical (unpaired) electrons. The van der Waals surface area contributed by atoms with Crippen molar-refractivity contribution in [3.8, 4) is 0 Å². The van der Waals surface area contributed by atoms with Crippen LogP contribution < -0.4 is 4.90 Å². The van der Waals surface area contributed by atoms with Crippen LogP contribution in [0.4, 0.5) is 5.69 Å². The van der Waals surface area contributed by atoms with Gasteiger partial charge in [-0.2, -0.15) is 0 Å². The van der Waals surface area contributed by atoms with E-state index in [2.05, 4.69) is 47.4 Å². The van der Waals surface area contributed by atoms with Crippen molar-refractivity contribution in [1.82, 2.24) is 4.98 Å². The van der Waals surface area contributed by atoms with Crippen LogP contribution in [0.25, 0.3) is 0 Å². The second kappa shape index (κ2) is 8.06. The number of anilines is 1. The van der Waals surface area contributed by atoms with Crippen LogP contribution in [0, 0.1) is 12.8 Å². The van der Waals surface area contributed by atoms with Gasteiger partial charge in [0, 0.05) is 17.3 Å². The maximum absolute atomic E-state index is 13.6. The zero-order chi connectivity index (χ0) is 20.5. The molecule has 0 bridgehead atoms. The Balaban J connectivity index is 1.45. The molecule has 2 aromatic carbocycles. The summed E-state index contributed by atoms with van der Waals surface area (Å²) in [4.78, 5) is 20.3. The number of hydrogen-bond donors (Lipinski definition) is 0. The van der Waals surface area contributed by atoms with Gasteiger partial charge in [-0.25, -0.2) is 0 Å². The monoisotopic (exact) mass is 396 g/mol. The van der Waals surface area contributed by atoms with Crippen molar-refractivity contribution >= 4 is 11.6 Å². The van der Waals surface area contributed by atoms with Crippen LogP contribution in [0.15, 0.2) is 66.7 Å². The van der Waals surface area contributed by atoms with E-state index in [4.69, 9.17) is 0 Å². The van der Waals surface area contributed by atoms with E-state index in [0.29, 0.717) is 12.5 Å². The molecule has 1 saturated carbocycles. The normalized spacial score (nSPS) is 19.8. The number of nitrogens with zero attached hydrogens (tertiary/aromatic N) is 2. The van der Waals surface area contributed by atoms with E-state index in [1.54, 1.807) is 0 Å². The molecule has 0 N–H and O–H groups in total. The van der Waals surface area contributed by atoms with E-state index in [1.165, 1.54) is 29.5 Å². The molecule has 2 aliphatic rings. The number of hydrogen-bond acceptors (Lipinski definition) is 2. The lowest BCUT2D eigenvalue weighted by Crippen LogP contribution is -2.32. The Morgan fingerprint density at radius 3 is 2.57 bits per heavy atom. The van der Waals surface area contributed by atoms with Gasteiger partial charge in [0.2, 0.25) is 5.91 Å². The number of benzene rings is 2. The van der Waals surface area contributed by atoms with Gasteiger partial charge in [0.05, 0.1) is 12.2 Å². The van der Waals surface area contributed by atoms with Crippen LogP contribution in [0.2, 0.25) is 0 Å². The summed E-state index contributed by atoms with van der Waals surface area (Å²) >= 11 is 0. The summed E-state index contributed by atoms with van der Waals surface area (Å²) in [5, 5.41) is 0. The Morgan fingerprint density at radius 2 is 1.77 bits per heavy atom. The zero-order valence-corrected chi connectivity index (χ0v) is 17.6. The summed E-state index contributed by atoms with van der Waals surface area (Å²) < 4.78 is 0. The maximum atomic E-state index is 13.6. The molecule has 152 valence electrons. The van der Waals surface area contributed by atoms with E-state index in [-0.39, 0.29) is 11.8 Å². The number of pyridine rings is 1. The first-order valence-corrected chi connectivity index (χ1v) is 11.1. The Labute approximate surface area is 178 Å². The van der Waals surface area contributed by atoms with Gasteiger partial charge < -0.3 is 4.90 Å². The predicted octanol–water partition coefficient (Wildman–Crippen LogP) is 5.61. The molecule has 0 saturated heterocycles. The maximum Gasteiger partial charge on any atom is 0.231 e. The van der Waals surface area contributed by atoms with Crippen molar-refractivity contribution in [3.63, 3.8) is 0 Å². The van der Waals surface area contributed by atoms with Crippen molar-refractivity contribution in [2.45, 2.75) is 51.5 Å². The molecule has 1 heterocycles. The summed E-state index contributed by atoms with van der Waals surface area (Å²) in [5.74, 6) is 0.625. The highest BCUT2D eigenvalue weighted by atomic mass is 16.2. The van der Waals surface area contributed by atoms with Crippen LogP contribution in [0.3, 0.4) is 0 Å². The Kier molecular flexibility index (Phi) is 5.12. The minimum absolute atomic E-state index is 0.0632. The summed E-state index contributed by atoms with van der Waals surface area (Å²) in [6.45, 7) is 2.53. The van der Waals surface area contributed by atoms with Gasteiger partial charge in [-0.3, -0.25) is 9.78 Å². The molecule has 1 amide bonds. The number of rotatable bonds is 5. The molecule has 1 fully saturated rings. The molecule has 2 aliphatic carbocycles. The van der Waals surface area contributed by atoms with Crippen molar-refractivity contribution in [2.24, 2.45) is 5.92 Å². The largest absolute Gasteiger partial charge is 0.306 e. The highest BCUT2D eigenvalue weighted by molar-refractivity contribution is 5.97. The van der Waals surface area contributed by atoms with Gasteiger partial charge in [0.25, 0.3) is 0 Å².